The first-order valence-corrected chi connectivity index (χ1v) is 5.56. The van der Waals surface area contributed by atoms with E-state index in [4.69, 9.17) is 5.73 Å². The minimum absolute atomic E-state index is 0.0477. The van der Waals surface area contributed by atoms with Gasteiger partial charge in [0, 0.05) is 12.6 Å². The molecule has 0 bridgehead atoms. The highest BCUT2D eigenvalue weighted by Crippen LogP contribution is 2.25. The molecule has 1 aliphatic rings. The van der Waals surface area contributed by atoms with Gasteiger partial charge in [-0.2, -0.15) is 0 Å². The first-order valence-electron chi connectivity index (χ1n) is 5.56. The number of halogens is 2. The van der Waals surface area contributed by atoms with E-state index in [2.05, 4.69) is 0 Å². The van der Waals surface area contributed by atoms with Gasteiger partial charge in [0.05, 0.1) is 11.1 Å². The molecule has 0 spiro atoms. The van der Waals surface area contributed by atoms with Gasteiger partial charge in [0.15, 0.2) is 11.6 Å². The SMILES string of the molecule is CCC(N)CN1C(=O)c2cc(F)c(F)cc2C1=O. The van der Waals surface area contributed by atoms with Crippen molar-refractivity contribution in [1.82, 2.24) is 4.90 Å². The first kappa shape index (κ1) is 12.6. The van der Waals surface area contributed by atoms with E-state index < -0.39 is 23.4 Å². The number of carbonyl (C=O) groups excluding carboxylic acids is 2. The van der Waals surface area contributed by atoms with Gasteiger partial charge in [-0.05, 0) is 18.6 Å². The Morgan fingerprint density at radius 3 is 2.00 bits per heavy atom. The third-order valence-corrected chi connectivity index (χ3v) is 2.95. The van der Waals surface area contributed by atoms with Crippen molar-refractivity contribution in [3.63, 3.8) is 0 Å². The van der Waals surface area contributed by atoms with Crippen LogP contribution in [0.5, 0.6) is 0 Å². The first-order chi connectivity index (χ1) is 8.45. The van der Waals surface area contributed by atoms with Gasteiger partial charge in [-0.1, -0.05) is 6.92 Å². The summed E-state index contributed by atoms with van der Waals surface area (Å²) >= 11 is 0. The molecule has 1 aliphatic heterocycles. The maximum atomic E-state index is 13.0. The monoisotopic (exact) mass is 254 g/mol. The molecule has 0 radical (unpaired) electrons. The van der Waals surface area contributed by atoms with Gasteiger partial charge < -0.3 is 5.73 Å². The van der Waals surface area contributed by atoms with Gasteiger partial charge in [0.2, 0.25) is 0 Å². The average Bonchev–Trinajstić information content (AvgIpc) is 2.55. The van der Waals surface area contributed by atoms with E-state index in [0.717, 1.165) is 17.0 Å². The number of hydrogen-bond acceptors (Lipinski definition) is 3. The number of hydrogen-bond donors (Lipinski definition) is 1. The lowest BCUT2D eigenvalue weighted by molar-refractivity contribution is 0.0644. The Morgan fingerprint density at radius 2 is 1.61 bits per heavy atom. The Kier molecular flexibility index (Phi) is 3.13. The van der Waals surface area contributed by atoms with E-state index in [0.29, 0.717) is 6.42 Å². The number of imide groups is 1. The van der Waals surface area contributed by atoms with E-state index in [9.17, 15) is 18.4 Å². The van der Waals surface area contributed by atoms with Crippen molar-refractivity contribution in [2.75, 3.05) is 6.54 Å². The number of carbonyl (C=O) groups is 2. The van der Waals surface area contributed by atoms with Crippen molar-refractivity contribution in [3.05, 3.63) is 34.9 Å². The molecule has 2 amide bonds. The minimum Gasteiger partial charge on any atom is -0.326 e. The molecule has 1 unspecified atom stereocenters. The minimum atomic E-state index is -1.14. The van der Waals surface area contributed by atoms with Crippen LogP contribution in [0, 0.1) is 11.6 Å². The van der Waals surface area contributed by atoms with E-state index in [1.165, 1.54) is 0 Å². The maximum Gasteiger partial charge on any atom is 0.261 e. The van der Waals surface area contributed by atoms with Gasteiger partial charge in [-0.3, -0.25) is 14.5 Å². The third-order valence-electron chi connectivity index (χ3n) is 2.95. The zero-order valence-corrected chi connectivity index (χ0v) is 9.74. The van der Waals surface area contributed by atoms with E-state index in [1.54, 1.807) is 0 Å². The summed E-state index contributed by atoms with van der Waals surface area (Å²) in [5.41, 5.74) is 5.46. The lowest BCUT2D eigenvalue weighted by Crippen LogP contribution is -2.40. The predicted molar refractivity (Wildman–Crippen MR) is 60.0 cm³/mol. The van der Waals surface area contributed by atoms with Crippen molar-refractivity contribution < 1.29 is 18.4 Å². The Bertz CT molecular complexity index is 490. The fourth-order valence-electron chi connectivity index (χ4n) is 1.81. The van der Waals surface area contributed by atoms with Gasteiger partial charge >= 0.3 is 0 Å². The highest BCUT2D eigenvalue weighted by molar-refractivity contribution is 6.21. The highest BCUT2D eigenvalue weighted by Gasteiger charge is 2.37. The van der Waals surface area contributed by atoms with E-state index >= 15 is 0 Å². The zero-order chi connectivity index (χ0) is 13.4. The van der Waals surface area contributed by atoms with Crippen LogP contribution in [-0.2, 0) is 0 Å². The normalized spacial score (nSPS) is 16.1. The zero-order valence-electron chi connectivity index (χ0n) is 9.74. The van der Waals surface area contributed by atoms with Crippen LogP contribution in [0.1, 0.15) is 34.1 Å². The number of fused-ring (bicyclic) bond motifs is 1. The molecule has 6 heteroatoms. The van der Waals surface area contributed by atoms with Crippen LogP contribution < -0.4 is 5.73 Å². The summed E-state index contributed by atoms with van der Waals surface area (Å²) in [5, 5.41) is 0. The molecule has 2 rings (SSSR count). The molecule has 1 heterocycles. The molecule has 18 heavy (non-hydrogen) atoms. The molecule has 0 fully saturated rings. The summed E-state index contributed by atoms with van der Waals surface area (Å²) in [7, 11) is 0. The maximum absolute atomic E-state index is 13.0. The standard InChI is InChI=1S/C12H12F2N2O2/c1-2-6(15)5-16-11(17)7-3-9(13)10(14)4-8(7)12(16)18/h3-4,6H,2,5,15H2,1H3. The van der Waals surface area contributed by atoms with Crippen LogP contribution in [0.25, 0.3) is 0 Å². The van der Waals surface area contributed by atoms with Crippen molar-refractivity contribution >= 4 is 11.8 Å². The van der Waals surface area contributed by atoms with Crippen LogP contribution in [0.3, 0.4) is 0 Å². The number of benzene rings is 1. The quantitative estimate of drug-likeness (QED) is 0.827. The second-order valence-electron chi connectivity index (χ2n) is 4.20. The lowest BCUT2D eigenvalue weighted by atomic mass is 10.1. The van der Waals surface area contributed by atoms with Gasteiger partial charge in [0.1, 0.15) is 0 Å². The van der Waals surface area contributed by atoms with Gasteiger partial charge in [-0.15, -0.1) is 0 Å². The van der Waals surface area contributed by atoms with Crippen LogP contribution >= 0.6 is 0 Å². The van der Waals surface area contributed by atoms with Crippen LogP contribution in [0.4, 0.5) is 8.78 Å². The van der Waals surface area contributed by atoms with Crippen LogP contribution in [-0.4, -0.2) is 29.3 Å². The largest absolute Gasteiger partial charge is 0.326 e. The second-order valence-corrected chi connectivity index (χ2v) is 4.20. The third kappa shape index (κ3) is 1.88. The summed E-state index contributed by atoms with van der Waals surface area (Å²) in [6, 6.07) is 1.16. The molecule has 0 saturated carbocycles. The Hall–Kier alpha value is -1.82. The fourth-order valence-corrected chi connectivity index (χ4v) is 1.81. The summed E-state index contributed by atoms with van der Waals surface area (Å²) in [6.45, 7) is 1.87. The Morgan fingerprint density at radius 1 is 1.17 bits per heavy atom. The molecular weight excluding hydrogens is 242 g/mol. The molecular formula is C12H12F2N2O2. The summed E-state index contributed by atoms with van der Waals surface area (Å²) < 4.78 is 26.1. The van der Waals surface area contributed by atoms with Crippen molar-refractivity contribution in [2.45, 2.75) is 19.4 Å². The fraction of sp³-hybridized carbons (Fsp3) is 0.333. The van der Waals surface area contributed by atoms with Crippen molar-refractivity contribution in [2.24, 2.45) is 5.73 Å². The Balaban J connectivity index is 2.38. The van der Waals surface area contributed by atoms with Crippen LogP contribution in [0.2, 0.25) is 0 Å². The molecule has 1 atom stereocenters. The summed E-state index contributed by atoms with van der Waals surface area (Å²) in [5.74, 6) is -3.54. The lowest BCUT2D eigenvalue weighted by Gasteiger charge is -2.17. The van der Waals surface area contributed by atoms with Crippen LogP contribution in [0.15, 0.2) is 12.1 Å². The molecule has 4 nitrogen and oxygen atoms in total. The van der Waals surface area contributed by atoms with Crippen molar-refractivity contribution in [1.29, 1.82) is 0 Å². The van der Waals surface area contributed by atoms with E-state index in [1.807, 2.05) is 6.92 Å². The molecule has 0 aromatic heterocycles. The highest BCUT2D eigenvalue weighted by atomic mass is 19.2. The molecule has 0 saturated heterocycles. The number of amides is 2. The average molecular weight is 254 g/mol. The predicted octanol–water partition coefficient (Wildman–Crippen LogP) is 1.30. The number of rotatable bonds is 3. The van der Waals surface area contributed by atoms with E-state index in [-0.39, 0.29) is 23.7 Å². The summed E-state index contributed by atoms with van der Waals surface area (Å²) in [4.78, 5) is 24.7. The van der Waals surface area contributed by atoms with Gasteiger partial charge in [-0.25, -0.2) is 8.78 Å². The van der Waals surface area contributed by atoms with Gasteiger partial charge in [0.25, 0.3) is 11.8 Å². The van der Waals surface area contributed by atoms with Crippen molar-refractivity contribution in [3.8, 4) is 0 Å². The Labute approximate surface area is 102 Å². The summed E-state index contributed by atoms with van der Waals surface area (Å²) in [6.07, 6.45) is 0.593. The smallest absolute Gasteiger partial charge is 0.261 e. The molecule has 2 N–H and O–H groups in total. The molecule has 96 valence electrons. The number of nitrogens with two attached hydrogens (primary N) is 1. The molecule has 1 aromatic carbocycles. The molecule has 0 aliphatic carbocycles. The topological polar surface area (TPSA) is 63.4 Å². The molecule has 1 aromatic rings. The second kappa shape index (κ2) is 4.45. The number of nitrogens with zero attached hydrogens (tertiary/aromatic N) is 1.